The summed E-state index contributed by atoms with van der Waals surface area (Å²) in [6.45, 7) is 2.58. The standard InChI is InChI=1S/C16H15Br2FO/c1-2-20-16-7-6-12(17)10-14(16)15(18)9-11-4-3-5-13(19)8-11/h3-8,10,15H,2,9H2,1H3. The van der Waals surface area contributed by atoms with Crippen molar-refractivity contribution in [2.45, 2.75) is 18.2 Å². The van der Waals surface area contributed by atoms with Crippen LogP contribution in [0.25, 0.3) is 0 Å². The van der Waals surface area contributed by atoms with Gasteiger partial charge in [0.1, 0.15) is 11.6 Å². The third kappa shape index (κ3) is 4.06. The maximum atomic E-state index is 13.2. The molecule has 2 rings (SSSR count). The Morgan fingerprint density at radius 3 is 2.70 bits per heavy atom. The molecule has 20 heavy (non-hydrogen) atoms. The summed E-state index contributed by atoms with van der Waals surface area (Å²) in [6, 6.07) is 12.6. The van der Waals surface area contributed by atoms with Gasteiger partial charge in [0.2, 0.25) is 0 Å². The number of ether oxygens (including phenoxy) is 1. The summed E-state index contributed by atoms with van der Waals surface area (Å²) in [6.07, 6.45) is 0.703. The number of hydrogen-bond donors (Lipinski definition) is 0. The van der Waals surface area contributed by atoms with Gasteiger partial charge >= 0.3 is 0 Å². The summed E-state index contributed by atoms with van der Waals surface area (Å²) in [5, 5.41) is 0. The molecule has 0 radical (unpaired) electrons. The minimum atomic E-state index is -0.207. The van der Waals surface area contributed by atoms with E-state index in [9.17, 15) is 4.39 Å². The smallest absolute Gasteiger partial charge is 0.123 e. The van der Waals surface area contributed by atoms with Gasteiger partial charge in [0.25, 0.3) is 0 Å². The van der Waals surface area contributed by atoms with Crippen LogP contribution in [-0.2, 0) is 6.42 Å². The second-order valence-corrected chi connectivity index (χ2v) is 6.44. The molecule has 0 amide bonds. The molecular weight excluding hydrogens is 387 g/mol. The van der Waals surface area contributed by atoms with Gasteiger partial charge in [-0.05, 0) is 49.2 Å². The van der Waals surface area contributed by atoms with Crippen molar-refractivity contribution < 1.29 is 9.13 Å². The minimum absolute atomic E-state index is 0.0725. The average Bonchev–Trinajstić information content (AvgIpc) is 2.41. The monoisotopic (exact) mass is 400 g/mol. The van der Waals surface area contributed by atoms with E-state index in [1.807, 2.05) is 31.2 Å². The fourth-order valence-electron chi connectivity index (χ4n) is 2.03. The third-order valence-corrected chi connectivity index (χ3v) is 4.22. The molecule has 1 atom stereocenters. The molecule has 2 aromatic carbocycles. The highest BCUT2D eigenvalue weighted by Gasteiger charge is 2.15. The molecule has 0 saturated heterocycles. The number of hydrogen-bond acceptors (Lipinski definition) is 1. The molecule has 4 heteroatoms. The van der Waals surface area contributed by atoms with E-state index < -0.39 is 0 Å². The molecule has 0 aliphatic carbocycles. The summed E-state index contributed by atoms with van der Waals surface area (Å²) in [5.41, 5.74) is 2.01. The van der Waals surface area contributed by atoms with E-state index >= 15 is 0 Å². The predicted molar refractivity (Wildman–Crippen MR) is 87.1 cm³/mol. The Bertz CT molecular complexity index is 586. The van der Waals surface area contributed by atoms with Gasteiger partial charge in [0, 0.05) is 14.9 Å². The van der Waals surface area contributed by atoms with Gasteiger partial charge in [-0.3, -0.25) is 0 Å². The summed E-state index contributed by atoms with van der Waals surface area (Å²) in [5.74, 6) is 0.649. The van der Waals surface area contributed by atoms with Crippen molar-refractivity contribution in [2.24, 2.45) is 0 Å². The molecule has 106 valence electrons. The number of benzene rings is 2. The number of rotatable bonds is 5. The molecule has 0 heterocycles. The van der Waals surface area contributed by atoms with Gasteiger partial charge in [0.15, 0.2) is 0 Å². The molecule has 0 aliphatic rings. The van der Waals surface area contributed by atoms with Crippen LogP contribution in [-0.4, -0.2) is 6.61 Å². The van der Waals surface area contributed by atoms with Crippen LogP contribution >= 0.6 is 31.9 Å². The van der Waals surface area contributed by atoms with Crippen molar-refractivity contribution in [2.75, 3.05) is 6.61 Å². The van der Waals surface area contributed by atoms with Gasteiger partial charge in [-0.25, -0.2) is 4.39 Å². The lowest BCUT2D eigenvalue weighted by Crippen LogP contribution is -2.01. The Hall–Kier alpha value is -0.870. The summed E-state index contributed by atoms with van der Waals surface area (Å²) in [4.78, 5) is 0.0725. The molecule has 0 fully saturated rings. The first kappa shape index (κ1) is 15.5. The Labute approximate surface area is 135 Å². The van der Waals surface area contributed by atoms with Gasteiger partial charge in [0.05, 0.1) is 6.61 Å². The normalized spacial score (nSPS) is 12.2. The maximum absolute atomic E-state index is 13.2. The molecule has 0 saturated carbocycles. The molecule has 0 aliphatic heterocycles. The first-order chi connectivity index (χ1) is 9.60. The minimum Gasteiger partial charge on any atom is -0.494 e. The van der Waals surface area contributed by atoms with Crippen molar-refractivity contribution in [3.05, 3.63) is 63.9 Å². The van der Waals surface area contributed by atoms with E-state index in [1.165, 1.54) is 6.07 Å². The van der Waals surface area contributed by atoms with Gasteiger partial charge in [-0.15, -0.1) is 0 Å². The molecule has 0 spiro atoms. The van der Waals surface area contributed by atoms with Gasteiger partial charge < -0.3 is 4.74 Å². The second kappa shape index (κ2) is 7.23. The van der Waals surface area contributed by atoms with Crippen LogP contribution in [0, 0.1) is 5.82 Å². The fraction of sp³-hybridized carbons (Fsp3) is 0.250. The Morgan fingerprint density at radius 2 is 2.00 bits per heavy atom. The third-order valence-electron chi connectivity index (χ3n) is 2.91. The zero-order valence-electron chi connectivity index (χ0n) is 11.1. The molecule has 0 N–H and O–H groups in total. The van der Waals surface area contributed by atoms with Gasteiger partial charge in [-0.2, -0.15) is 0 Å². The lowest BCUT2D eigenvalue weighted by atomic mass is 10.0. The zero-order valence-corrected chi connectivity index (χ0v) is 14.2. The summed E-state index contributed by atoms with van der Waals surface area (Å²) >= 11 is 7.16. The summed E-state index contributed by atoms with van der Waals surface area (Å²) in [7, 11) is 0. The zero-order chi connectivity index (χ0) is 14.5. The Kier molecular flexibility index (Phi) is 5.61. The largest absolute Gasteiger partial charge is 0.494 e. The Morgan fingerprint density at radius 1 is 1.20 bits per heavy atom. The van der Waals surface area contributed by atoms with E-state index in [4.69, 9.17) is 4.74 Å². The maximum Gasteiger partial charge on any atom is 0.123 e. The molecule has 0 bridgehead atoms. The SMILES string of the molecule is CCOc1ccc(Br)cc1C(Br)Cc1cccc(F)c1. The topological polar surface area (TPSA) is 9.23 Å². The van der Waals surface area contributed by atoms with E-state index in [0.29, 0.717) is 13.0 Å². The molecule has 2 aromatic rings. The highest BCUT2D eigenvalue weighted by molar-refractivity contribution is 9.10. The lowest BCUT2D eigenvalue weighted by molar-refractivity contribution is 0.336. The Balaban J connectivity index is 2.23. The van der Waals surface area contributed by atoms with Crippen LogP contribution in [0.2, 0.25) is 0 Å². The number of halogens is 3. The van der Waals surface area contributed by atoms with Crippen LogP contribution in [0.1, 0.15) is 22.9 Å². The molecular formula is C16H15Br2FO. The molecule has 0 aromatic heterocycles. The number of alkyl halides is 1. The van der Waals surface area contributed by atoms with Crippen LogP contribution < -0.4 is 4.74 Å². The van der Waals surface area contributed by atoms with Crippen LogP contribution in [0.3, 0.4) is 0 Å². The predicted octanol–water partition coefficient (Wildman–Crippen LogP) is 5.67. The average molecular weight is 402 g/mol. The fourth-order valence-corrected chi connectivity index (χ4v) is 3.14. The van der Waals surface area contributed by atoms with E-state index in [1.54, 1.807) is 12.1 Å². The second-order valence-electron chi connectivity index (χ2n) is 4.42. The van der Waals surface area contributed by atoms with E-state index in [0.717, 1.165) is 21.3 Å². The van der Waals surface area contributed by atoms with Crippen molar-refractivity contribution in [1.82, 2.24) is 0 Å². The van der Waals surface area contributed by atoms with E-state index in [2.05, 4.69) is 31.9 Å². The van der Waals surface area contributed by atoms with Crippen LogP contribution in [0.15, 0.2) is 46.9 Å². The van der Waals surface area contributed by atoms with E-state index in [-0.39, 0.29) is 10.6 Å². The highest BCUT2D eigenvalue weighted by atomic mass is 79.9. The van der Waals surface area contributed by atoms with Crippen LogP contribution in [0.5, 0.6) is 5.75 Å². The lowest BCUT2D eigenvalue weighted by Gasteiger charge is -2.16. The van der Waals surface area contributed by atoms with Crippen molar-refractivity contribution in [3.63, 3.8) is 0 Å². The highest BCUT2D eigenvalue weighted by Crippen LogP contribution is 2.36. The van der Waals surface area contributed by atoms with Gasteiger partial charge in [-0.1, -0.05) is 44.0 Å². The summed E-state index contributed by atoms with van der Waals surface area (Å²) < 4.78 is 19.9. The first-order valence-corrected chi connectivity index (χ1v) is 8.11. The van der Waals surface area contributed by atoms with Crippen molar-refractivity contribution >= 4 is 31.9 Å². The van der Waals surface area contributed by atoms with Crippen molar-refractivity contribution in [1.29, 1.82) is 0 Å². The van der Waals surface area contributed by atoms with Crippen LogP contribution in [0.4, 0.5) is 4.39 Å². The quantitative estimate of drug-likeness (QED) is 0.587. The molecule has 1 unspecified atom stereocenters. The molecule has 1 nitrogen and oxygen atoms in total. The first-order valence-electron chi connectivity index (χ1n) is 6.41. The van der Waals surface area contributed by atoms with Crippen molar-refractivity contribution in [3.8, 4) is 5.75 Å².